The van der Waals surface area contributed by atoms with Crippen molar-refractivity contribution in [2.24, 2.45) is 5.92 Å². The largest absolute Gasteiger partial charge is 0.493 e. The Morgan fingerprint density at radius 3 is 2.39 bits per heavy atom. The van der Waals surface area contributed by atoms with Gasteiger partial charge >= 0.3 is 6.09 Å². The third-order valence-electron chi connectivity index (χ3n) is 7.13. The van der Waals surface area contributed by atoms with Gasteiger partial charge in [0.2, 0.25) is 0 Å². The van der Waals surface area contributed by atoms with Crippen LogP contribution in [0.15, 0.2) is 48.5 Å². The molecule has 1 aliphatic heterocycles. The van der Waals surface area contributed by atoms with Crippen molar-refractivity contribution >= 4 is 12.0 Å². The zero-order chi connectivity index (χ0) is 30.2. The molecule has 2 atom stereocenters. The van der Waals surface area contributed by atoms with Gasteiger partial charge in [-0.15, -0.1) is 0 Å². The number of rotatable bonds is 12. The van der Waals surface area contributed by atoms with Gasteiger partial charge in [-0.2, -0.15) is 0 Å². The Bertz CT molecular complexity index is 1150. The minimum absolute atomic E-state index is 0.115. The third-order valence-corrected chi connectivity index (χ3v) is 7.13. The van der Waals surface area contributed by atoms with Crippen LogP contribution in [0.5, 0.6) is 11.5 Å². The molecule has 0 bridgehead atoms. The number of methoxy groups -OCH3 is 2. The maximum absolute atomic E-state index is 13.9. The number of likely N-dealkylation sites (tertiary alicyclic amines) is 1. The molecule has 226 valence electrons. The SMILES string of the molecule is COCCCOc1cc(C(=O)N(CC2CN(C(=O)OC(C)(C)C)CC2(O)Cc2ccccc2)C(C)C)ccc1OC. The normalized spacial score (nSPS) is 18.9. The number of carbonyl (C=O) groups excluding carboxylic acids is 2. The lowest BCUT2D eigenvalue weighted by molar-refractivity contribution is -0.00612. The number of benzene rings is 2. The summed E-state index contributed by atoms with van der Waals surface area (Å²) in [6.45, 7) is 11.0. The average molecular weight is 571 g/mol. The molecule has 2 amide bonds. The summed E-state index contributed by atoms with van der Waals surface area (Å²) in [4.78, 5) is 30.2. The predicted molar refractivity (Wildman–Crippen MR) is 158 cm³/mol. The van der Waals surface area contributed by atoms with Crippen LogP contribution in [-0.4, -0.2) is 91.2 Å². The monoisotopic (exact) mass is 570 g/mol. The summed E-state index contributed by atoms with van der Waals surface area (Å²) in [6.07, 6.45) is 0.574. The molecule has 1 fully saturated rings. The third kappa shape index (κ3) is 8.84. The Morgan fingerprint density at radius 1 is 1.07 bits per heavy atom. The second-order valence-electron chi connectivity index (χ2n) is 11.9. The number of ether oxygens (including phenoxy) is 4. The molecular formula is C32H46N2O7. The van der Waals surface area contributed by atoms with Gasteiger partial charge in [0.1, 0.15) is 5.60 Å². The second-order valence-corrected chi connectivity index (χ2v) is 11.9. The zero-order valence-corrected chi connectivity index (χ0v) is 25.5. The highest BCUT2D eigenvalue weighted by Crippen LogP contribution is 2.34. The van der Waals surface area contributed by atoms with E-state index in [-0.39, 0.29) is 31.6 Å². The first-order chi connectivity index (χ1) is 19.4. The predicted octanol–water partition coefficient (Wildman–Crippen LogP) is 4.80. The van der Waals surface area contributed by atoms with Crippen molar-refractivity contribution in [2.45, 2.75) is 64.7 Å². The summed E-state index contributed by atoms with van der Waals surface area (Å²) < 4.78 is 22.1. The van der Waals surface area contributed by atoms with Gasteiger partial charge < -0.3 is 33.9 Å². The van der Waals surface area contributed by atoms with Crippen LogP contribution >= 0.6 is 0 Å². The molecule has 1 aliphatic rings. The van der Waals surface area contributed by atoms with Gasteiger partial charge in [-0.3, -0.25) is 4.79 Å². The molecule has 0 spiro atoms. The first kappa shape index (κ1) is 32.2. The molecule has 1 N–H and O–H groups in total. The fourth-order valence-corrected chi connectivity index (χ4v) is 5.04. The highest BCUT2D eigenvalue weighted by Gasteiger charge is 2.49. The van der Waals surface area contributed by atoms with Gasteiger partial charge in [-0.25, -0.2) is 4.79 Å². The van der Waals surface area contributed by atoms with E-state index in [1.807, 2.05) is 65.0 Å². The molecule has 2 aromatic carbocycles. The van der Waals surface area contributed by atoms with Crippen LogP contribution in [0.1, 0.15) is 57.0 Å². The van der Waals surface area contributed by atoms with Gasteiger partial charge in [-0.1, -0.05) is 30.3 Å². The van der Waals surface area contributed by atoms with Gasteiger partial charge in [0.15, 0.2) is 11.5 Å². The minimum atomic E-state index is -1.25. The van der Waals surface area contributed by atoms with E-state index < -0.39 is 23.2 Å². The molecule has 41 heavy (non-hydrogen) atoms. The number of carbonyl (C=O) groups is 2. The average Bonchev–Trinajstić information content (AvgIpc) is 3.24. The Morgan fingerprint density at radius 2 is 1.78 bits per heavy atom. The number of hydrogen-bond donors (Lipinski definition) is 1. The van der Waals surface area contributed by atoms with E-state index in [9.17, 15) is 14.7 Å². The van der Waals surface area contributed by atoms with Crippen molar-refractivity contribution in [3.8, 4) is 11.5 Å². The quantitative estimate of drug-likeness (QED) is 0.366. The van der Waals surface area contributed by atoms with E-state index in [1.54, 1.807) is 42.2 Å². The molecule has 0 aromatic heterocycles. The summed E-state index contributed by atoms with van der Waals surface area (Å²) in [7, 11) is 3.20. The standard InChI is InChI=1S/C32H46N2O7/c1-23(2)34(29(35)25-14-15-27(39-7)28(18-25)40-17-11-16-38-6)21-26-20-33(30(36)41-31(3,4)5)22-32(26,37)19-24-12-9-8-10-13-24/h8-10,12-15,18,23,26,37H,11,16-17,19-22H2,1-7H3. The van der Waals surface area contributed by atoms with Crippen molar-refractivity contribution in [2.75, 3.05) is 47.1 Å². The van der Waals surface area contributed by atoms with Crippen LogP contribution < -0.4 is 9.47 Å². The Kier molecular flexibility index (Phi) is 11.0. The summed E-state index contributed by atoms with van der Waals surface area (Å²) in [5.41, 5.74) is -0.500. The molecule has 1 heterocycles. The molecule has 0 saturated carbocycles. The van der Waals surface area contributed by atoms with Crippen molar-refractivity contribution in [3.05, 3.63) is 59.7 Å². The second kappa shape index (κ2) is 14.0. The van der Waals surface area contributed by atoms with E-state index >= 15 is 0 Å². The van der Waals surface area contributed by atoms with Crippen LogP contribution in [0.3, 0.4) is 0 Å². The summed E-state index contributed by atoms with van der Waals surface area (Å²) in [5.74, 6) is 0.429. The van der Waals surface area contributed by atoms with Crippen molar-refractivity contribution < 1.29 is 33.6 Å². The number of nitrogens with zero attached hydrogens (tertiary/aromatic N) is 2. The molecule has 3 rings (SSSR count). The van der Waals surface area contributed by atoms with Crippen LogP contribution in [0.4, 0.5) is 4.79 Å². The molecule has 9 nitrogen and oxygen atoms in total. The van der Waals surface area contributed by atoms with E-state index in [0.29, 0.717) is 43.1 Å². The first-order valence-electron chi connectivity index (χ1n) is 14.2. The summed E-state index contributed by atoms with van der Waals surface area (Å²) >= 11 is 0. The lowest BCUT2D eigenvalue weighted by Gasteiger charge is -2.35. The van der Waals surface area contributed by atoms with Gasteiger partial charge in [0, 0.05) is 57.2 Å². The number of aliphatic hydroxyl groups is 1. The lowest BCUT2D eigenvalue weighted by Crippen LogP contribution is -2.49. The van der Waals surface area contributed by atoms with E-state index in [1.165, 1.54) is 0 Å². The summed E-state index contributed by atoms with van der Waals surface area (Å²) in [6, 6.07) is 14.7. The maximum atomic E-state index is 13.9. The number of β-amino-alcohol motifs (C(OH)–C–C–N with tert-alkyl or cyclic N) is 1. The molecule has 0 radical (unpaired) electrons. The Balaban J connectivity index is 1.87. The molecule has 9 heteroatoms. The van der Waals surface area contributed by atoms with Crippen LogP contribution in [0.2, 0.25) is 0 Å². The van der Waals surface area contributed by atoms with E-state index in [4.69, 9.17) is 18.9 Å². The molecule has 2 unspecified atom stereocenters. The van der Waals surface area contributed by atoms with Gasteiger partial charge in [0.25, 0.3) is 5.91 Å². The number of hydrogen-bond acceptors (Lipinski definition) is 7. The van der Waals surface area contributed by atoms with E-state index in [0.717, 1.165) is 5.56 Å². The topological polar surface area (TPSA) is 97.8 Å². The summed E-state index contributed by atoms with van der Waals surface area (Å²) in [5, 5.41) is 12.0. The van der Waals surface area contributed by atoms with Crippen molar-refractivity contribution in [3.63, 3.8) is 0 Å². The Labute approximate surface area is 244 Å². The maximum Gasteiger partial charge on any atom is 0.410 e. The van der Waals surface area contributed by atoms with Crippen LogP contribution in [-0.2, 0) is 15.9 Å². The van der Waals surface area contributed by atoms with Crippen LogP contribution in [0.25, 0.3) is 0 Å². The van der Waals surface area contributed by atoms with Crippen molar-refractivity contribution in [1.82, 2.24) is 9.80 Å². The molecule has 0 aliphatic carbocycles. The van der Waals surface area contributed by atoms with E-state index in [2.05, 4.69) is 0 Å². The number of amides is 2. The highest BCUT2D eigenvalue weighted by atomic mass is 16.6. The smallest absolute Gasteiger partial charge is 0.410 e. The highest BCUT2D eigenvalue weighted by molar-refractivity contribution is 5.95. The minimum Gasteiger partial charge on any atom is -0.493 e. The Hall–Kier alpha value is -3.30. The zero-order valence-electron chi connectivity index (χ0n) is 25.5. The fraction of sp³-hybridized carbons (Fsp3) is 0.562. The van der Waals surface area contributed by atoms with Crippen LogP contribution in [0, 0.1) is 5.92 Å². The molecular weight excluding hydrogens is 524 g/mol. The molecule has 1 saturated heterocycles. The molecule has 2 aromatic rings. The van der Waals surface area contributed by atoms with Gasteiger partial charge in [-0.05, 0) is 58.4 Å². The van der Waals surface area contributed by atoms with Crippen molar-refractivity contribution in [1.29, 1.82) is 0 Å². The van der Waals surface area contributed by atoms with Gasteiger partial charge in [0.05, 0.1) is 25.9 Å². The lowest BCUT2D eigenvalue weighted by atomic mass is 9.84. The first-order valence-corrected chi connectivity index (χ1v) is 14.2. The fourth-order valence-electron chi connectivity index (χ4n) is 5.04.